The highest BCUT2D eigenvalue weighted by Crippen LogP contribution is 1.82. The van der Waals surface area contributed by atoms with Gasteiger partial charge in [0, 0.05) is 18.8 Å². The summed E-state index contributed by atoms with van der Waals surface area (Å²) in [5, 5.41) is 2.61. The molecular formula is C5H10ClNOS. The van der Waals surface area contributed by atoms with E-state index in [1.165, 1.54) is 0 Å². The van der Waals surface area contributed by atoms with E-state index in [-0.39, 0.29) is 5.91 Å². The van der Waals surface area contributed by atoms with Crippen LogP contribution in [-0.4, -0.2) is 24.1 Å². The van der Waals surface area contributed by atoms with E-state index in [1.807, 2.05) is 0 Å². The molecule has 1 amide bonds. The Morgan fingerprint density at radius 1 is 1.67 bits per heavy atom. The van der Waals surface area contributed by atoms with Crippen molar-refractivity contribution in [2.45, 2.75) is 6.42 Å². The van der Waals surface area contributed by atoms with Crippen molar-refractivity contribution in [3.8, 4) is 0 Å². The van der Waals surface area contributed by atoms with Crippen LogP contribution in [0.25, 0.3) is 0 Å². The summed E-state index contributed by atoms with van der Waals surface area (Å²) < 4.78 is 0. The highest BCUT2D eigenvalue weighted by Gasteiger charge is 1.95. The quantitative estimate of drug-likeness (QED) is 0.468. The molecule has 0 aliphatic rings. The second-order valence-corrected chi connectivity index (χ2v) is 2.34. The van der Waals surface area contributed by atoms with Gasteiger partial charge in [0.2, 0.25) is 5.91 Å². The van der Waals surface area contributed by atoms with Crippen LogP contribution in [0, 0.1) is 0 Å². The fourth-order valence-electron chi connectivity index (χ4n) is 0.377. The molecule has 0 radical (unpaired) electrons. The van der Waals surface area contributed by atoms with E-state index in [0.717, 1.165) is 0 Å². The molecule has 0 fully saturated rings. The Morgan fingerprint density at radius 3 is 2.78 bits per heavy atom. The number of halogens is 1. The number of hydrogen-bond acceptors (Lipinski definition) is 2. The van der Waals surface area contributed by atoms with Gasteiger partial charge in [0.25, 0.3) is 0 Å². The van der Waals surface area contributed by atoms with E-state index >= 15 is 0 Å². The number of rotatable bonds is 4. The topological polar surface area (TPSA) is 29.1 Å². The molecule has 0 saturated carbocycles. The predicted molar refractivity (Wildman–Crippen MR) is 42.2 cm³/mol. The van der Waals surface area contributed by atoms with Crippen LogP contribution in [0.1, 0.15) is 6.42 Å². The molecule has 0 bridgehead atoms. The molecular weight excluding hydrogens is 158 g/mol. The van der Waals surface area contributed by atoms with Crippen molar-refractivity contribution in [2.75, 3.05) is 18.2 Å². The summed E-state index contributed by atoms with van der Waals surface area (Å²) in [5.74, 6) is 1.08. The Hall–Kier alpha value is 0.110. The lowest BCUT2D eigenvalue weighted by molar-refractivity contribution is -0.120. The van der Waals surface area contributed by atoms with E-state index in [9.17, 15) is 4.79 Å². The maximum atomic E-state index is 10.6. The second-order valence-electron chi connectivity index (χ2n) is 1.51. The van der Waals surface area contributed by atoms with Gasteiger partial charge in [-0.15, -0.1) is 11.6 Å². The van der Waals surface area contributed by atoms with Crippen LogP contribution in [0.5, 0.6) is 0 Å². The number of carbonyl (C=O) groups excluding carboxylic acids is 1. The van der Waals surface area contributed by atoms with Crippen LogP contribution in [0.3, 0.4) is 0 Å². The van der Waals surface area contributed by atoms with Crippen LogP contribution in [0.15, 0.2) is 0 Å². The molecule has 0 atom stereocenters. The zero-order chi connectivity index (χ0) is 7.11. The number of alkyl halides is 1. The lowest BCUT2D eigenvalue weighted by atomic mass is 10.4. The minimum atomic E-state index is 0.0191. The van der Waals surface area contributed by atoms with Crippen LogP contribution < -0.4 is 5.32 Å². The highest BCUT2D eigenvalue weighted by molar-refractivity contribution is 7.80. The number of carbonyl (C=O) groups is 1. The van der Waals surface area contributed by atoms with Crippen molar-refractivity contribution >= 4 is 30.1 Å². The molecule has 0 saturated heterocycles. The molecule has 9 heavy (non-hydrogen) atoms. The Morgan fingerprint density at radius 2 is 2.33 bits per heavy atom. The van der Waals surface area contributed by atoms with Crippen molar-refractivity contribution in [3.05, 3.63) is 0 Å². The van der Waals surface area contributed by atoms with Gasteiger partial charge in [-0.25, -0.2) is 0 Å². The fourth-order valence-corrected chi connectivity index (χ4v) is 0.674. The molecule has 0 rings (SSSR count). The van der Waals surface area contributed by atoms with Gasteiger partial charge in [-0.3, -0.25) is 4.79 Å². The van der Waals surface area contributed by atoms with E-state index < -0.39 is 0 Å². The van der Waals surface area contributed by atoms with Crippen LogP contribution >= 0.6 is 24.2 Å². The molecule has 0 aromatic rings. The van der Waals surface area contributed by atoms with Gasteiger partial charge in [-0.2, -0.15) is 12.6 Å². The predicted octanol–water partition coefficient (Wildman–Crippen LogP) is 0.661. The van der Waals surface area contributed by atoms with E-state index in [2.05, 4.69) is 17.9 Å². The van der Waals surface area contributed by atoms with Crippen LogP contribution in [0.2, 0.25) is 0 Å². The summed E-state index contributed by atoms with van der Waals surface area (Å²) in [7, 11) is 0. The van der Waals surface area contributed by atoms with Crippen molar-refractivity contribution in [2.24, 2.45) is 0 Å². The molecule has 0 aromatic heterocycles. The Balaban J connectivity index is 3.06. The van der Waals surface area contributed by atoms with E-state index in [4.69, 9.17) is 11.6 Å². The lowest BCUT2D eigenvalue weighted by Gasteiger charge is -1.98. The normalized spacial score (nSPS) is 9.11. The molecule has 0 unspecified atom stereocenters. The fraction of sp³-hybridized carbons (Fsp3) is 0.800. The zero-order valence-electron chi connectivity index (χ0n) is 5.06. The van der Waals surface area contributed by atoms with Crippen molar-refractivity contribution in [1.82, 2.24) is 5.32 Å². The van der Waals surface area contributed by atoms with Gasteiger partial charge < -0.3 is 5.32 Å². The smallest absolute Gasteiger partial charge is 0.220 e. The Labute approximate surface area is 65.4 Å². The molecule has 0 aliphatic carbocycles. The van der Waals surface area contributed by atoms with Crippen molar-refractivity contribution in [1.29, 1.82) is 0 Å². The number of nitrogens with one attached hydrogen (secondary N) is 1. The van der Waals surface area contributed by atoms with E-state index in [0.29, 0.717) is 24.6 Å². The SMILES string of the molecule is O=C(CCS)NCCCl. The van der Waals surface area contributed by atoms with E-state index in [1.54, 1.807) is 0 Å². The summed E-state index contributed by atoms with van der Waals surface area (Å²) in [6.45, 7) is 0.550. The first-order chi connectivity index (χ1) is 4.31. The third-order valence-electron chi connectivity index (χ3n) is 0.756. The molecule has 1 N–H and O–H groups in total. The van der Waals surface area contributed by atoms with Gasteiger partial charge in [-0.1, -0.05) is 0 Å². The largest absolute Gasteiger partial charge is 0.355 e. The van der Waals surface area contributed by atoms with Crippen molar-refractivity contribution < 1.29 is 4.79 Å². The molecule has 0 aromatic carbocycles. The molecule has 0 aliphatic heterocycles. The zero-order valence-corrected chi connectivity index (χ0v) is 6.71. The summed E-state index contributed by atoms with van der Waals surface area (Å²) >= 11 is 9.20. The summed E-state index contributed by atoms with van der Waals surface area (Å²) in [4.78, 5) is 10.6. The third-order valence-corrected chi connectivity index (χ3v) is 1.17. The van der Waals surface area contributed by atoms with Crippen LogP contribution in [0.4, 0.5) is 0 Å². The average molecular weight is 168 g/mol. The maximum absolute atomic E-state index is 10.6. The average Bonchev–Trinajstić information content (AvgIpc) is 1.85. The summed E-state index contributed by atoms with van der Waals surface area (Å²) in [6.07, 6.45) is 0.472. The minimum absolute atomic E-state index is 0.0191. The summed E-state index contributed by atoms with van der Waals surface area (Å²) in [6, 6.07) is 0. The van der Waals surface area contributed by atoms with Gasteiger partial charge in [0.15, 0.2) is 0 Å². The van der Waals surface area contributed by atoms with Crippen molar-refractivity contribution in [3.63, 3.8) is 0 Å². The Bertz CT molecular complexity index is 89.0. The molecule has 2 nitrogen and oxygen atoms in total. The first kappa shape index (κ1) is 9.11. The number of hydrogen-bond donors (Lipinski definition) is 2. The minimum Gasteiger partial charge on any atom is -0.355 e. The van der Waals surface area contributed by atoms with Gasteiger partial charge in [0.05, 0.1) is 0 Å². The number of amides is 1. The van der Waals surface area contributed by atoms with Gasteiger partial charge in [0.1, 0.15) is 0 Å². The summed E-state index contributed by atoms with van der Waals surface area (Å²) in [5.41, 5.74) is 0. The second kappa shape index (κ2) is 6.23. The maximum Gasteiger partial charge on any atom is 0.220 e. The lowest BCUT2D eigenvalue weighted by Crippen LogP contribution is -2.25. The molecule has 0 spiro atoms. The molecule has 4 heteroatoms. The first-order valence-corrected chi connectivity index (χ1v) is 3.91. The van der Waals surface area contributed by atoms with Gasteiger partial charge in [-0.05, 0) is 5.75 Å². The highest BCUT2D eigenvalue weighted by atomic mass is 35.5. The molecule has 54 valence electrons. The molecule has 0 heterocycles. The first-order valence-electron chi connectivity index (χ1n) is 2.74. The third kappa shape index (κ3) is 5.99. The Kier molecular flexibility index (Phi) is 6.31. The van der Waals surface area contributed by atoms with Gasteiger partial charge >= 0.3 is 0 Å². The standard InChI is InChI=1S/C5H10ClNOS/c6-2-3-7-5(8)1-4-9/h9H,1-4H2,(H,7,8). The van der Waals surface area contributed by atoms with Crippen LogP contribution in [-0.2, 0) is 4.79 Å². The number of thiol groups is 1. The monoisotopic (exact) mass is 167 g/mol.